The summed E-state index contributed by atoms with van der Waals surface area (Å²) in [6.07, 6.45) is 0.656. The molecule has 2 atom stereocenters. The number of aromatic hydroxyl groups is 1. The highest BCUT2D eigenvalue weighted by molar-refractivity contribution is 6.10. The molecule has 0 aromatic heterocycles. The molecular weight excluding hydrogens is 469 g/mol. The smallest absolute Gasteiger partial charge is 0.235 e. The highest BCUT2D eigenvalue weighted by atomic mass is 19.1. The standard InChI is InChI=1S/C29H22FN5O2/c30-24-14-25-22(13-21(24)17-10-8-16(9-11-17)20-6-1-2-7-26(20)36)29(28(37)31-25)15-23(29)18-4-3-5-19(12-18)27-32-34-35-33-27/h1-14,23,34-36H,15H2,(H,31,37)(H,32,33). The van der Waals surface area contributed by atoms with Crippen LogP contribution in [0.2, 0.25) is 0 Å². The fourth-order valence-electron chi connectivity index (χ4n) is 5.62. The Morgan fingerprint density at radius 2 is 1.68 bits per heavy atom. The summed E-state index contributed by atoms with van der Waals surface area (Å²) in [7, 11) is 0. The van der Waals surface area contributed by atoms with Crippen molar-refractivity contribution < 1.29 is 14.3 Å². The number of phenols is 1. The molecule has 2 aliphatic heterocycles. The van der Waals surface area contributed by atoms with Crippen molar-refractivity contribution in [2.75, 3.05) is 5.32 Å². The number of hydrogen-bond acceptors (Lipinski definition) is 6. The number of anilines is 1. The first-order valence-electron chi connectivity index (χ1n) is 12.0. The van der Waals surface area contributed by atoms with Gasteiger partial charge in [0, 0.05) is 28.3 Å². The number of halogens is 1. The summed E-state index contributed by atoms with van der Waals surface area (Å²) in [5.74, 6) is 0.361. The quantitative estimate of drug-likeness (QED) is 0.289. The average molecular weight is 492 g/mol. The predicted octanol–water partition coefficient (Wildman–Crippen LogP) is 4.52. The maximum absolute atomic E-state index is 15.2. The second-order valence-corrected chi connectivity index (χ2v) is 9.60. The van der Waals surface area contributed by atoms with Gasteiger partial charge in [0.1, 0.15) is 11.6 Å². The second-order valence-electron chi connectivity index (χ2n) is 9.60. The van der Waals surface area contributed by atoms with E-state index in [2.05, 4.69) is 26.9 Å². The van der Waals surface area contributed by atoms with Gasteiger partial charge in [-0.1, -0.05) is 60.7 Å². The molecule has 1 spiro atoms. The number of para-hydroxylation sites is 1. The first-order chi connectivity index (χ1) is 18.0. The Bertz CT molecular complexity index is 1620. The molecule has 7 rings (SSSR count). The van der Waals surface area contributed by atoms with Crippen LogP contribution in [0.3, 0.4) is 0 Å². The Kier molecular flexibility index (Phi) is 4.61. The van der Waals surface area contributed by atoms with E-state index >= 15 is 4.39 Å². The topological polar surface area (TPSA) is 97.8 Å². The van der Waals surface area contributed by atoms with E-state index in [0.29, 0.717) is 34.6 Å². The van der Waals surface area contributed by atoms with E-state index in [1.165, 1.54) is 6.07 Å². The number of fused-ring (bicyclic) bond motifs is 2. The van der Waals surface area contributed by atoms with Crippen molar-refractivity contribution in [1.82, 2.24) is 16.5 Å². The minimum absolute atomic E-state index is 0.0154. The molecule has 0 radical (unpaired) electrons. The van der Waals surface area contributed by atoms with Gasteiger partial charge in [0.2, 0.25) is 5.91 Å². The van der Waals surface area contributed by atoms with Gasteiger partial charge in [-0.25, -0.2) is 9.93 Å². The van der Waals surface area contributed by atoms with Gasteiger partial charge >= 0.3 is 0 Å². The van der Waals surface area contributed by atoms with Crippen LogP contribution in [0.5, 0.6) is 5.75 Å². The van der Waals surface area contributed by atoms with Crippen molar-refractivity contribution in [3.8, 4) is 28.0 Å². The van der Waals surface area contributed by atoms with Crippen LogP contribution in [0, 0.1) is 5.82 Å². The Hall–Kier alpha value is -4.69. The second kappa shape index (κ2) is 7.91. The predicted molar refractivity (Wildman–Crippen MR) is 139 cm³/mol. The number of amidine groups is 1. The molecule has 0 bridgehead atoms. The lowest BCUT2D eigenvalue weighted by Gasteiger charge is -2.13. The van der Waals surface area contributed by atoms with E-state index in [0.717, 1.165) is 22.3 Å². The third kappa shape index (κ3) is 3.30. The molecule has 3 aliphatic rings. The van der Waals surface area contributed by atoms with Crippen molar-refractivity contribution in [3.05, 3.63) is 107 Å². The van der Waals surface area contributed by atoms with Crippen LogP contribution in [-0.2, 0) is 10.2 Å². The number of phenolic OH excluding ortho intramolecular Hbond substituents is 1. The highest BCUT2D eigenvalue weighted by Crippen LogP contribution is 2.65. The Morgan fingerprint density at radius 3 is 2.43 bits per heavy atom. The van der Waals surface area contributed by atoms with Crippen LogP contribution in [0.1, 0.15) is 29.0 Å². The number of hydrogen-bond donors (Lipinski definition) is 5. The maximum Gasteiger partial charge on any atom is 0.235 e. The lowest BCUT2D eigenvalue weighted by atomic mass is 9.89. The third-order valence-electron chi connectivity index (χ3n) is 7.58. The molecule has 2 unspecified atom stereocenters. The molecular formula is C29H22FN5O2. The third-order valence-corrected chi connectivity index (χ3v) is 7.58. The molecule has 7 nitrogen and oxygen atoms in total. The lowest BCUT2D eigenvalue weighted by Crippen LogP contribution is -2.35. The minimum Gasteiger partial charge on any atom is -0.507 e. The summed E-state index contributed by atoms with van der Waals surface area (Å²) >= 11 is 0. The highest BCUT2D eigenvalue weighted by Gasteiger charge is 2.65. The van der Waals surface area contributed by atoms with Crippen LogP contribution < -0.4 is 21.8 Å². The first-order valence-corrected chi connectivity index (χ1v) is 12.0. The molecule has 1 aliphatic carbocycles. The van der Waals surface area contributed by atoms with E-state index < -0.39 is 11.2 Å². The lowest BCUT2D eigenvalue weighted by molar-refractivity contribution is -0.118. The summed E-state index contributed by atoms with van der Waals surface area (Å²) in [6.45, 7) is 0. The zero-order valence-corrected chi connectivity index (χ0v) is 19.5. The van der Waals surface area contributed by atoms with Crippen LogP contribution in [0.25, 0.3) is 22.3 Å². The molecule has 1 amide bonds. The fraction of sp³-hybridized carbons (Fsp3) is 0.103. The van der Waals surface area contributed by atoms with Gasteiger partial charge in [0.05, 0.1) is 5.41 Å². The number of nitrogens with one attached hydrogen (secondary N) is 4. The Morgan fingerprint density at radius 1 is 0.892 bits per heavy atom. The fourth-order valence-corrected chi connectivity index (χ4v) is 5.62. The molecule has 37 heavy (non-hydrogen) atoms. The van der Waals surface area contributed by atoms with Crippen LogP contribution in [0.4, 0.5) is 10.1 Å². The molecule has 1 fully saturated rings. The molecule has 4 aromatic rings. The number of carbonyl (C=O) groups excluding carboxylic acids is 1. The van der Waals surface area contributed by atoms with E-state index in [-0.39, 0.29) is 17.6 Å². The average Bonchev–Trinajstić information content (AvgIpc) is 3.30. The van der Waals surface area contributed by atoms with Crippen molar-refractivity contribution in [2.45, 2.75) is 17.8 Å². The monoisotopic (exact) mass is 491 g/mol. The molecule has 8 heteroatoms. The Labute approximate surface area is 212 Å². The van der Waals surface area contributed by atoms with E-state index in [9.17, 15) is 9.90 Å². The van der Waals surface area contributed by atoms with Crippen LogP contribution in [0.15, 0.2) is 90.0 Å². The summed E-state index contributed by atoms with van der Waals surface area (Å²) < 4.78 is 15.2. The first kappa shape index (κ1) is 21.6. The minimum atomic E-state index is -0.715. The van der Waals surface area contributed by atoms with Crippen LogP contribution in [-0.4, -0.2) is 16.8 Å². The largest absolute Gasteiger partial charge is 0.507 e. The molecule has 4 aromatic carbocycles. The van der Waals surface area contributed by atoms with Gasteiger partial charge in [-0.05, 0) is 52.9 Å². The molecule has 5 N–H and O–H groups in total. The number of rotatable bonds is 4. The molecule has 1 saturated carbocycles. The van der Waals surface area contributed by atoms with Crippen molar-refractivity contribution in [3.63, 3.8) is 0 Å². The maximum atomic E-state index is 15.2. The molecule has 2 heterocycles. The SMILES string of the molecule is O=C1Nc2cc(F)c(-c3ccc(-c4ccccc4O)cc3)cc2C12CC2c1cccc(C2=NNNN2)c1. The van der Waals surface area contributed by atoms with Gasteiger partial charge in [0.15, 0.2) is 5.84 Å². The number of amides is 1. The van der Waals surface area contributed by atoms with Crippen LogP contribution >= 0.6 is 0 Å². The van der Waals surface area contributed by atoms with Crippen molar-refractivity contribution in [1.29, 1.82) is 0 Å². The number of benzene rings is 4. The summed E-state index contributed by atoms with van der Waals surface area (Å²) in [5, 5.41) is 17.2. The molecule has 0 saturated heterocycles. The van der Waals surface area contributed by atoms with Gasteiger partial charge in [-0.3, -0.25) is 10.2 Å². The van der Waals surface area contributed by atoms with Crippen molar-refractivity contribution >= 4 is 17.4 Å². The van der Waals surface area contributed by atoms with E-state index in [1.807, 2.05) is 66.7 Å². The molecule has 182 valence electrons. The summed E-state index contributed by atoms with van der Waals surface area (Å²) in [4.78, 5) is 13.2. The summed E-state index contributed by atoms with van der Waals surface area (Å²) in [6, 6.07) is 25.7. The Balaban J connectivity index is 1.24. The zero-order valence-electron chi connectivity index (χ0n) is 19.5. The number of hydrazine groups is 2. The van der Waals surface area contributed by atoms with Gasteiger partial charge in [-0.2, -0.15) is 0 Å². The van der Waals surface area contributed by atoms with Crippen molar-refractivity contribution in [2.24, 2.45) is 5.10 Å². The van der Waals surface area contributed by atoms with Gasteiger partial charge in [-0.15, -0.1) is 10.6 Å². The van der Waals surface area contributed by atoms with E-state index in [4.69, 9.17) is 0 Å². The summed E-state index contributed by atoms with van der Waals surface area (Å²) in [5.41, 5.74) is 13.6. The van der Waals surface area contributed by atoms with E-state index in [1.54, 1.807) is 12.1 Å². The number of carbonyl (C=O) groups is 1. The zero-order chi connectivity index (χ0) is 25.1. The normalized spacial score (nSPS) is 21.2. The number of hydrazone groups is 1. The van der Waals surface area contributed by atoms with Gasteiger partial charge in [0.25, 0.3) is 0 Å². The number of nitrogens with zero attached hydrogens (tertiary/aromatic N) is 1. The van der Waals surface area contributed by atoms with Gasteiger partial charge < -0.3 is 10.4 Å².